The molecule has 0 saturated carbocycles. The number of benzene rings is 2. The summed E-state index contributed by atoms with van der Waals surface area (Å²) < 4.78 is 17.3. The van der Waals surface area contributed by atoms with Crippen LogP contribution in [0.25, 0.3) is 0 Å². The molecule has 1 aliphatic heterocycles. The first kappa shape index (κ1) is 19.5. The Morgan fingerprint density at radius 3 is 2.26 bits per heavy atom. The number of methoxy groups -OCH3 is 2. The second kappa shape index (κ2) is 9.62. The molecule has 3 rings (SSSR count). The zero-order valence-electron chi connectivity index (χ0n) is 16.5. The number of piperazine rings is 1. The van der Waals surface area contributed by atoms with E-state index in [1.807, 2.05) is 24.3 Å². The Balaban J connectivity index is 1.93. The van der Waals surface area contributed by atoms with Crippen molar-refractivity contribution in [3.63, 3.8) is 0 Å². The van der Waals surface area contributed by atoms with E-state index in [-0.39, 0.29) is 6.04 Å². The Morgan fingerprint density at radius 1 is 0.963 bits per heavy atom. The lowest BCUT2D eigenvalue weighted by molar-refractivity contribution is 0.164. The minimum atomic E-state index is 0.290. The van der Waals surface area contributed by atoms with Gasteiger partial charge in [0.2, 0.25) is 0 Å². The van der Waals surface area contributed by atoms with Gasteiger partial charge in [0.15, 0.2) is 11.5 Å². The number of rotatable bonds is 8. The van der Waals surface area contributed by atoms with Crippen molar-refractivity contribution in [1.82, 2.24) is 10.2 Å². The first-order chi connectivity index (χ1) is 13.3. The first-order valence-electron chi connectivity index (χ1n) is 9.64. The largest absolute Gasteiger partial charge is 0.493 e. The quantitative estimate of drug-likeness (QED) is 0.768. The van der Waals surface area contributed by atoms with Gasteiger partial charge in [-0.1, -0.05) is 37.3 Å². The van der Waals surface area contributed by atoms with Gasteiger partial charge in [-0.05, 0) is 18.1 Å². The van der Waals surface area contributed by atoms with Gasteiger partial charge in [-0.3, -0.25) is 4.90 Å². The lowest BCUT2D eigenvalue weighted by Gasteiger charge is -2.35. The van der Waals surface area contributed by atoms with Crippen LogP contribution in [0.5, 0.6) is 17.2 Å². The second-order valence-corrected chi connectivity index (χ2v) is 6.73. The maximum Gasteiger partial charge on any atom is 0.164 e. The number of hydrogen-bond acceptors (Lipinski definition) is 5. The summed E-state index contributed by atoms with van der Waals surface area (Å²) in [6.07, 6.45) is 1.01. The Bertz CT molecular complexity index is 715. The van der Waals surface area contributed by atoms with E-state index in [0.29, 0.717) is 12.4 Å². The highest BCUT2D eigenvalue weighted by Crippen LogP contribution is 2.40. The number of ether oxygens (including phenoxy) is 3. The maximum absolute atomic E-state index is 6.26. The minimum absolute atomic E-state index is 0.290. The molecular weight excluding hydrogens is 340 g/mol. The van der Waals surface area contributed by atoms with Gasteiger partial charge in [0.25, 0.3) is 0 Å². The van der Waals surface area contributed by atoms with Crippen molar-refractivity contribution in [2.75, 3.05) is 40.4 Å². The van der Waals surface area contributed by atoms with Crippen LogP contribution in [-0.2, 0) is 6.61 Å². The monoisotopic (exact) mass is 370 g/mol. The van der Waals surface area contributed by atoms with Crippen molar-refractivity contribution >= 4 is 0 Å². The number of nitrogens with one attached hydrogen (secondary N) is 1. The Hall–Kier alpha value is -2.24. The standard InChI is InChI=1S/C22H30N2O3/c1-4-19(24-12-10-23-11-13-24)18-14-21(25-2)22(26-3)15-20(18)27-16-17-8-6-5-7-9-17/h5-9,14-15,19,23H,4,10-13,16H2,1-3H3/t19-/m1/s1. The molecule has 2 aromatic carbocycles. The molecule has 1 aliphatic rings. The molecule has 0 spiro atoms. The Morgan fingerprint density at radius 2 is 1.63 bits per heavy atom. The van der Waals surface area contributed by atoms with E-state index in [2.05, 4.69) is 35.3 Å². The molecule has 1 atom stereocenters. The van der Waals surface area contributed by atoms with E-state index >= 15 is 0 Å². The summed E-state index contributed by atoms with van der Waals surface area (Å²) in [4.78, 5) is 2.52. The van der Waals surface area contributed by atoms with Crippen LogP contribution < -0.4 is 19.5 Å². The van der Waals surface area contributed by atoms with E-state index < -0.39 is 0 Å². The van der Waals surface area contributed by atoms with Gasteiger partial charge in [-0.25, -0.2) is 0 Å². The molecule has 5 nitrogen and oxygen atoms in total. The lowest BCUT2D eigenvalue weighted by atomic mass is 10.00. The van der Waals surface area contributed by atoms with E-state index in [4.69, 9.17) is 14.2 Å². The summed E-state index contributed by atoms with van der Waals surface area (Å²) in [5.41, 5.74) is 2.31. The van der Waals surface area contributed by atoms with Gasteiger partial charge in [0.1, 0.15) is 12.4 Å². The summed E-state index contributed by atoms with van der Waals surface area (Å²) in [5, 5.41) is 3.43. The van der Waals surface area contributed by atoms with Crippen molar-refractivity contribution in [2.24, 2.45) is 0 Å². The average molecular weight is 370 g/mol. The summed E-state index contributed by atoms with van der Waals surface area (Å²) >= 11 is 0. The molecular formula is C22H30N2O3. The van der Waals surface area contributed by atoms with Crippen LogP contribution in [-0.4, -0.2) is 45.3 Å². The molecule has 0 aliphatic carbocycles. The normalized spacial score (nSPS) is 16.0. The third kappa shape index (κ3) is 4.73. The van der Waals surface area contributed by atoms with E-state index in [1.165, 1.54) is 0 Å². The van der Waals surface area contributed by atoms with Gasteiger partial charge in [0, 0.05) is 43.9 Å². The third-order valence-electron chi connectivity index (χ3n) is 5.09. The van der Waals surface area contributed by atoms with E-state index in [9.17, 15) is 0 Å². The smallest absolute Gasteiger partial charge is 0.164 e. The van der Waals surface area contributed by atoms with Crippen molar-refractivity contribution in [2.45, 2.75) is 26.0 Å². The van der Waals surface area contributed by atoms with E-state index in [1.54, 1.807) is 14.2 Å². The van der Waals surface area contributed by atoms with E-state index in [0.717, 1.165) is 55.2 Å². The molecule has 0 amide bonds. The number of hydrogen-bond donors (Lipinski definition) is 1. The first-order valence-corrected chi connectivity index (χ1v) is 9.64. The van der Waals surface area contributed by atoms with Crippen molar-refractivity contribution in [3.05, 3.63) is 53.6 Å². The molecule has 27 heavy (non-hydrogen) atoms. The molecule has 1 N–H and O–H groups in total. The molecule has 1 saturated heterocycles. The van der Waals surface area contributed by atoms with Crippen molar-refractivity contribution in [3.8, 4) is 17.2 Å². The fraction of sp³-hybridized carbons (Fsp3) is 0.455. The fourth-order valence-corrected chi connectivity index (χ4v) is 3.67. The minimum Gasteiger partial charge on any atom is -0.493 e. The highest BCUT2D eigenvalue weighted by molar-refractivity contribution is 5.52. The van der Waals surface area contributed by atoms with Crippen LogP contribution in [0.1, 0.15) is 30.5 Å². The molecule has 0 unspecified atom stereocenters. The zero-order chi connectivity index (χ0) is 19.1. The molecule has 5 heteroatoms. The van der Waals surface area contributed by atoms with Gasteiger partial charge < -0.3 is 19.5 Å². The van der Waals surface area contributed by atoms with Crippen LogP contribution in [0, 0.1) is 0 Å². The lowest BCUT2D eigenvalue weighted by Crippen LogP contribution is -2.45. The van der Waals surface area contributed by atoms with Gasteiger partial charge >= 0.3 is 0 Å². The molecule has 146 valence electrons. The van der Waals surface area contributed by atoms with Crippen molar-refractivity contribution < 1.29 is 14.2 Å². The zero-order valence-corrected chi connectivity index (χ0v) is 16.5. The Labute approximate surface area is 162 Å². The predicted molar refractivity (Wildman–Crippen MR) is 108 cm³/mol. The highest BCUT2D eigenvalue weighted by atomic mass is 16.5. The maximum atomic E-state index is 6.26. The summed E-state index contributed by atoms with van der Waals surface area (Å²) in [5.74, 6) is 2.30. The molecule has 0 aromatic heterocycles. The van der Waals surface area contributed by atoms with Crippen molar-refractivity contribution in [1.29, 1.82) is 0 Å². The molecule has 1 heterocycles. The SMILES string of the molecule is CC[C@H](c1cc(OC)c(OC)cc1OCc1ccccc1)N1CCNCC1. The molecule has 1 fully saturated rings. The van der Waals surface area contributed by atoms with Crippen LogP contribution >= 0.6 is 0 Å². The van der Waals surface area contributed by atoms with Gasteiger partial charge in [0.05, 0.1) is 14.2 Å². The molecule has 2 aromatic rings. The topological polar surface area (TPSA) is 43.0 Å². The third-order valence-corrected chi connectivity index (χ3v) is 5.09. The highest BCUT2D eigenvalue weighted by Gasteiger charge is 2.25. The summed E-state index contributed by atoms with van der Waals surface area (Å²) in [6, 6.07) is 14.6. The molecule has 0 bridgehead atoms. The predicted octanol–water partition coefficient (Wildman–Crippen LogP) is 3.64. The summed E-state index contributed by atoms with van der Waals surface area (Å²) in [6.45, 7) is 6.86. The van der Waals surface area contributed by atoms with Crippen LogP contribution in [0.3, 0.4) is 0 Å². The Kier molecular flexibility index (Phi) is 6.96. The summed E-state index contributed by atoms with van der Waals surface area (Å²) in [7, 11) is 3.34. The van der Waals surface area contributed by atoms with Crippen LogP contribution in [0.2, 0.25) is 0 Å². The van der Waals surface area contributed by atoms with Crippen LogP contribution in [0.15, 0.2) is 42.5 Å². The molecule has 0 radical (unpaired) electrons. The van der Waals surface area contributed by atoms with Gasteiger partial charge in [-0.15, -0.1) is 0 Å². The average Bonchev–Trinajstić information content (AvgIpc) is 2.74. The van der Waals surface area contributed by atoms with Gasteiger partial charge in [-0.2, -0.15) is 0 Å². The second-order valence-electron chi connectivity index (χ2n) is 6.73. The fourth-order valence-electron chi connectivity index (χ4n) is 3.67. The number of nitrogens with zero attached hydrogens (tertiary/aromatic N) is 1. The van der Waals surface area contributed by atoms with Crippen LogP contribution in [0.4, 0.5) is 0 Å².